The maximum absolute atomic E-state index is 13.0. The Morgan fingerprint density at radius 2 is 1.61 bits per heavy atom. The second-order valence-corrected chi connectivity index (χ2v) is 9.10. The molecule has 1 aliphatic heterocycles. The molecule has 2 aromatic rings. The fourth-order valence-corrected chi connectivity index (χ4v) is 4.81. The number of hydrogen-bond acceptors (Lipinski definition) is 8. The summed E-state index contributed by atoms with van der Waals surface area (Å²) in [7, 11) is -2.49. The Labute approximate surface area is 191 Å². The van der Waals surface area contributed by atoms with E-state index < -0.39 is 34.5 Å². The summed E-state index contributed by atoms with van der Waals surface area (Å²) in [5.41, 5.74) is 1.23. The molecule has 10 nitrogen and oxygen atoms in total. The van der Waals surface area contributed by atoms with Crippen molar-refractivity contribution in [3.05, 3.63) is 59.2 Å². The fourth-order valence-electron chi connectivity index (χ4n) is 3.15. The quantitative estimate of drug-likeness (QED) is 0.597. The van der Waals surface area contributed by atoms with Crippen LogP contribution in [-0.4, -0.2) is 70.6 Å². The zero-order chi connectivity index (χ0) is 24.0. The normalized spacial score (nSPS) is 14.4. The highest BCUT2D eigenvalue weighted by atomic mass is 32.2. The number of morpholine rings is 1. The molecule has 1 saturated heterocycles. The largest absolute Gasteiger partial charge is 0.465 e. The van der Waals surface area contributed by atoms with Crippen LogP contribution in [0.1, 0.15) is 26.3 Å². The van der Waals surface area contributed by atoms with E-state index in [1.54, 1.807) is 19.1 Å². The molecule has 176 valence electrons. The number of esters is 2. The van der Waals surface area contributed by atoms with Crippen molar-refractivity contribution in [1.29, 1.82) is 0 Å². The van der Waals surface area contributed by atoms with Gasteiger partial charge in [0.25, 0.3) is 5.91 Å². The molecule has 0 aromatic heterocycles. The second-order valence-electron chi connectivity index (χ2n) is 7.19. The minimum Gasteiger partial charge on any atom is -0.465 e. The molecule has 0 unspecified atom stereocenters. The molecule has 3 rings (SSSR count). The SMILES string of the molecule is COC(=O)c1ccc(C(=O)OCC(=O)Nc2ccc(C)c(S(=O)(=O)N3CCOCC3)c2)cc1. The maximum Gasteiger partial charge on any atom is 0.338 e. The molecule has 0 spiro atoms. The van der Waals surface area contributed by atoms with Gasteiger partial charge in [0.05, 0.1) is 36.3 Å². The van der Waals surface area contributed by atoms with E-state index in [9.17, 15) is 22.8 Å². The molecule has 11 heteroatoms. The van der Waals surface area contributed by atoms with E-state index in [0.717, 1.165) is 0 Å². The Balaban J connectivity index is 1.62. The van der Waals surface area contributed by atoms with Crippen LogP contribution in [0.25, 0.3) is 0 Å². The van der Waals surface area contributed by atoms with E-state index in [4.69, 9.17) is 9.47 Å². The van der Waals surface area contributed by atoms with Gasteiger partial charge in [-0.25, -0.2) is 18.0 Å². The molecule has 0 bridgehead atoms. The fraction of sp³-hybridized carbons (Fsp3) is 0.318. The van der Waals surface area contributed by atoms with Crippen molar-refractivity contribution >= 4 is 33.6 Å². The average molecular weight is 477 g/mol. The van der Waals surface area contributed by atoms with E-state index in [0.29, 0.717) is 18.8 Å². The van der Waals surface area contributed by atoms with E-state index in [2.05, 4.69) is 10.1 Å². The number of benzene rings is 2. The third-order valence-electron chi connectivity index (χ3n) is 4.94. The number of nitrogens with one attached hydrogen (secondary N) is 1. The third-order valence-corrected chi connectivity index (χ3v) is 6.98. The lowest BCUT2D eigenvalue weighted by atomic mass is 10.1. The number of carbonyl (C=O) groups excluding carboxylic acids is 3. The zero-order valence-electron chi connectivity index (χ0n) is 18.2. The number of hydrogen-bond donors (Lipinski definition) is 1. The Hall–Kier alpha value is -3.28. The number of anilines is 1. The third kappa shape index (κ3) is 5.95. The van der Waals surface area contributed by atoms with Gasteiger partial charge in [-0.2, -0.15) is 4.31 Å². The topological polar surface area (TPSA) is 128 Å². The van der Waals surface area contributed by atoms with Gasteiger partial charge in [-0.1, -0.05) is 6.07 Å². The Kier molecular flexibility index (Phi) is 7.79. The molecule has 2 aromatic carbocycles. The molecule has 0 atom stereocenters. The number of aryl methyl sites for hydroxylation is 1. The summed E-state index contributed by atoms with van der Waals surface area (Å²) in [4.78, 5) is 35.9. The highest BCUT2D eigenvalue weighted by Gasteiger charge is 2.28. The lowest BCUT2D eigenvalue weighted by molar-refractivity contribution is -0.119. The van der Waals surface area contributed by atoms with Crippen LogP contribution >= 0.6 is 0 Å². The summed E-state index contributed by atoms with van der Waals surface area (Å²) in [6.07, 6.45) is 0. The minimum atomic E-state index is -3.74. The summed E-state index contributed by atoms with van der Waals surface area (Å²) in [5, 5.41) is 2.54. The monoisotopic (exact) mass is 476 g/mol. The van der Waals surface area contributed by atoms with Crippen LogP contribution in [0.4, 0.5) is 5.69 Å². The van der Waals surface area contributed by atoms with Crippen LogP contribution < -0.4 is 5.32 Å². The van der Waals surface area contributed by atoms with Gasteiger partial charge in [0, 0.05) is 18.8 Å². The number of carbonyl (C=O) groups is 3. The standard InChI is InChI=1S/C22H24N2O8S/c1-15-3-8-18(13-19(15)33(28,29)24-9-11-31-12-10-24)23-20(25)14-32-22(27)17-6-4-16(5-7-17)21(26)30-2/h3-8,13H,9-12,14H2,1-2H3,(H,23,25). The van der Waals surface area contributed by atoms with Gasteiger partial charge in [-0.15, -0.1) is 0 Å². The van der Waals surface area contributed by atoms with Crippen molar-refractivity contribution in [1.82, 2.24) is 4.31 Å². The van der Waals surface area contributed by atoms with E-state index in [1.807, 2.05) is 0 Å². The highest BCUT2D eigenvalue weighted by molar-refractivity contribution is 7.89. The van der Waals surface area contributed by atoms with Crippen molar-refractivity contribution in [2.24, 2.45) is 0 Å². The van der Waals surface area contributed by atoms with Crippen LogP contribution in [0.3, 0.4) is 0 Å². The summed E-state index contributed by atoms with van der Waals surface area (Å²) < 4.78 is 42.1. The van der Waals surface area contributed by atoms with Crippen molar-refractivity contribution in [2.45, 2.75) is 11.8 Å². The van der Waals surface area contributed by atoms with Crippen LogP contribution in [-0.2, 0) is 29.0 Å². The molecule has 0 radical (unpaired) electrons. The summed E-state index contributed by atoms with van der Waals surface area (Å²) >= 11 is 0. The minimum absolute atomic E-state index is 0.0879. The predicted octanol–water partition coefficient (Wildman–Crippen LogP) is 1.60. The zero-order valence-corrected chi connectivity index (χ0v) is 19.0. The first-order chi connectivity index (χ1) is 15.7. The van der Waals surface area contributed by atoms with Gasteiger partial charge in [0.15, 0.2) is 6.61 Å². The number of ether oxygens (including phenoxy) is 3. The smallest absolute Gasteiger partial charge is 0.338 e. The summed E-state index contributed by atoms with van der Waals surface area (Å²) in [6.45, 7) is 2.27. The van der Waals surface area contributed by atoms with Gasteiger partial charge >= 0.3 is 11.9 Å². The van der Waals surface area contributed by atoms with Gasteiger partial charge in [-0.3, -0.25) is 4.79 Å². The molecule has 1 aliphatic rings. The number of rotatable bonds is 7. The van der Waals surface area contributed by atoms with Crippen molar-refractivity contribution in [2.75, 3.05) is 45.3 Å². The van der Waals surface area contributed by atoms with Gasteiger partial charge < -0.3 is 19.5 Å². The summed E-state index contributed by atoms with van der Waals surface area (Å²) in [6, 6.07) is 10.1. The van der Waals surface area contributed by atoms with Crippen LogP contribution in [0.15, 0.2) is 47.4 Å². The first-order valence-electron chi connectivity index (χ1n) is 10.1. The lowest BCUT2D eigenvalue weighted by Crippen LogP contribution is -2.40. The number of nitrogens with zero attached hydrogens (tertiary/aromatic N) is 1. The number of amides is 1. The highest BCUT2D eigenvalue weighted by Crippen LogP contribution is 2.24. The molecular weight excluding hydrogens is 452 g/mol. The van der Waals surface area contributed by atoms with Gasteiger partial charge in [0.2, 0.25) is 10.0 Å². The predicted molar refractivity (Wildman–Crippen MR) is 117 cm³/mol. The lowest BCUT2D eigenvalue weighted by Gasteiger charge is -2.26. The van der Waals surface area contributed by atoms with Crippen molar-refractivity contribution in [3.8, 4) is 0 Å². The van der Waals surface area contributed by atoms with Crippen LogP contribution in [0.5, 0.6) is 0 Å². The average Bonchev–Trinajstić information content (AvgIpc) is 2.83. The molecule has 0 saturated carbocycles. The van der Waals surface area contributed by atoms with Crippen molar-refractivity contribution < 1.29 is 37.0 Å². The van der Waals surface area contributed by atoms with E-state index >= 15 is 0 Å². The first kappa shape index (κ1) is 24.4. The first-order valence-corrected chi connectivity index (χ1v) is 11.5. The Morgan fingerprint density at radius 1 is 1.00 bits per heavy atom. The molecular formula is C22H24N2O8S. The van der Waals surface area contributed by atoms with Gasteiger partial charge in [0.1, 0.15) is 0 Å². The van der Waals surface area contributed by atoms with Gasteiger partial charge in [-0.05, 0) is 48.9 Å². The molecule has 1 N–H and O–H groups in total. The van der Waals surface area contributed by atoms with Crippen LogP contribution in [0.2, 0.25) is 0 Å². The van der Waals surface area contributed by atoms with Crippen molar-refractivity contribution in [3.63, 3.8) is 0 Å². The molecule has 0 aliphatic carbocycles. The molecule has 1 heterocycles. The van der Waals surface area contributed by atoms with E-state index in [-0.39, 0.29) is 34.8 Å². The Bertz CT molecular complexity index is 1140. The summed E-state index contributed by atoms with van der Waals surface area (Å²) in [5.74, 6) is -1.92. The van der Waals surface area contributed by atoms with E-state index in [1.165, 1.54) is 41.7 Å². The molecule has 1 fully saturated rings. The second kappa shape index (κ2) is 10.6. The van der Waals surface area contributed by atoms with Crippen LogP contribution in [0, 0.1) is 6.92 Å². The number of methoxy groups -OCH3 is 1. The molecule has 33 heavy (non-hydrogen) atoms. The maximum atomic E-state index is 13.0. The number of sulfonamides is 1. The Morgan fingerprint density at radius 3 is 2.21 bits per heavy atom. The molecule has 1 amide bonds.